The maximum absolute atomic E-state index is 11.7. The highest BCUT2D eigenvalue weighted by Gasteiger charge is 2.15. The molecular formula is C14H15NO7. The Hall–Kier alpha value is -2.74. The molecule has 22 heavy (non-hydrogen) atoms. The van der Waals surface area contributed by atoms with Crippen LogP contribution in [0.1, 0.15) is 17.3 Å². The van der Waals surface area contributed by atoms with Crippen molar-refractivity contribution in [2.45, 2.75) is 13.0 Å². The van der Waals surface area contributed by atoms with Crippen molar-refractivity contribution in [3.8, 4) is 0 Å². The summed E-state index contributed by atoms with van der Waals surface area (Å²) < 4.78 is 9.48. The molecule has 0 saturated heterocycles. The van der Waals surface area contributed by atoms with Gasteiger partial charge in [0.05, 0.1) is 10.5 Å². The number of carbonyl (C=O) groups excluding carboxylic acids is 2. The Morgan fingerprint density at radius 3 is 2.59 bits per heavy atom. The summed E-state index contributed by atoms with van der Waals surface area (Å²) in [5.74, 6) is -1.49. The largest absolute Gasteiger partial charge is 0.459 e. The van der Waals surface area contributed by atoms with Crippen molar-refractivity contribution < 1.29 is 29.1 Å². The first-order chi connectivity index (χ1) is 10.3. The number of carbonyl (C=O) groups is 2. The monoisotopic (exact) mass is 309 g/mol. The minimum atomic E-state index is -1.20. The van der Waals surface area contributed by atoms with Crippen molar-refractivity contribution >= 4 is 17.6 Å². The molecule has 8 heteroatoms. The van der Waals surface area contributed by atoms with Crippen molar-refractivity contribution in [2.75, 3.05) is 13.2 Å². The van der Waals surface area contributed by atoms with Crippen LogP contribution in [0.25, 0.3) is 0 Å². The molecule has 1 aromatic carbocycles. The van der Waals surface area contributed by atoms with Gasteiger partial charge >= 0.3 is 11.9 Å². The molecule has 0 fully saturated rings. The molecule has 0 amide bonds. The Labute approximate surface area is 126 Å². The SMILES string of the molecule is C=C(C)C(=O)OCC(O)COC(=O)c1cccc([N+](=O)[O-])c1. The average molecular weight is 309 g/mol. The fourth-order valence-corrected chi connectivity index (χ4v) is 1.34. The summed E-state index contributed by atoms with van der Waals surface area (Å²) in [4.78, 5) is 32.8. The van der Waals surface area contributed by atoms with E-state index in [1.54, 1.807) is 0 Å². The van der Waals surface area contributed by atoms with Gasteiger partial charge in [-0.25, -0.2) is 9.59 Å². The summed E-state index contributed by atoms with van der Waals surface area (Å²) in [6.07, 6.45) is -1.20. The Morgan fingerprint density at radius 2 is 2.00 bits per heavy atom. The lowest BCUT2D eigenvalue weighted by Gasteiger charge is -2.11. The van der Waals surface area contributed by atoms with Crippen LogP contribution in [0.2, 0.25) is 0 Å². The molecule has 0 spiro atoms. The van der Waals surface area contributed by atoms with E-state index in [-0.39, 0.29) is 23.4 Å². The van der Waals surface area contributed by atoms with Crippen LogP contribution in [-0.2, 0) is 14.3 Å². The van der Waals surface area contributed by atoms with Gasteiger partial charge in [0, 0.05) is 17.7 Å². The molecule has 1 unspecified atom stereocenters. The van der Waals surface area contributed by atoms with Gasteiger partial charge in [0.25, 0.3) is 5.69 Å². The van der Waals surface area contributed by atoms with Gasteiger partial charge in [-0.1, -0.05) is 12.6 Å². The van der Waals surface area contributed by atoms with E-state index in [1.165, 1.54) is 25.1 Å². The highest BCUT2D eigenvalue weighted by Crippen LogP contribution is 2.14. The van der Waals surface area contributed by atoms with Gasteiger partial charge in [0.15, 0.2) is 0 Å². The Kier molecular flexibility index (Phi) is 6.21. The molecule has 0 bridgehead atoms. The summed E-state index contributed by atoms with van der Waals surface area (Å²) >= 11 is 0. The molecule has 0 radical (unpaired) electrons. The zero-order chi connectivity index (χ0) is 16.7. The molecule has 1 N–H and O–H groups in total. The maximum Gasteiger partial charge on any atom is 0.338 e. The van der Waals surface area contributed by atoms with Gasteiger partial charge in [-0.3, -0.25) is 10.1 Å². The zero-order valence-corrected chi connectivity index (χ0v) is 11.9. The number of benzene rings is 1. The second kappa shape index (κ2) is 7.89. The first kappa shape index (κ1) is 17.3. The van der Waals surface area contributed by atoms with E-state index in [4.69, 9.17) is 4.74 Å². The maximum atomic E-state index is 11.7. The second-order valence-corrected chi connectivity index (χ2v) is 4.44. The molecular weight excluding hydrogens is 294 g/mol. The number of rotatable bonds is 7. The lowest BCUT2D eigenvalue weighted by molar-refractivity contribution is -0.384. The molecule has 1 atom stereocenters. The number of aliphatic hydroxyl groups is 1. The third-order valence-electron chi connectivity index (χ3n) is 2.45. The molecule has 0 aliphatic rings. The van der Waals surface area contributed by atoms with E-state index in [2.05, 4.69) is 11.3 Å². The topological polar surface area (TPSA) is 116 Å². The van der Waals surface area contributed by atoms with Crippen LogP contribution in [-0.4, -0.2) is 41.3 Å². The number of esters is 2. The van der Waals surface area contributed by atoms with Gasteiger partial charge in [-0.05, 0) is 13.0 Å². The molecule has 0 aromatic heterocycles. The van der Waals surface area contributed by atoms with Crippen LogP contribution in [0.5, 0.6) is 0 Å². The van der Waals surface area contributed by atoms with Gasteiger partial charge in [0.2, 0.25) is 0 Å². The first-order valence-electron chi connectivity index (χ1n) is 6.23. The Morgan fingerprint density at radius 1 is 1.36 bits per heavy atom. The van der Waals surface area contributed by atoms with Crippen LogP contribution in [0.4, 0.5) is 5.69 Å². The normalized spacial score (nSPS) is 11.4. The lowest BCUT2D eigenvalue weighted by atomic mass is 10.2. The molecule has 0 saturated carbocycles. The summed E-state index contributed by atoms with van der Waals surface area (Å²) in [7, 11) is 0. The van der Waals surface area contributed by atoms with Crippen LogP contribution >= 0.6 is 0 Å². The highest BCUT2D eigenvalue weighted by molar-refractivity contribution is 5.90. The van der Waals surface area contributed by atoms with E-state index < -0.39 is 29.6 Å². The lowest BCUT2D eigenvalue weighted by Crippen LogP contribution is -2.25. The predicted octanol–water partition coefficient (Wildman–Crippen LogP) is 1.23. The fraction of sp³-hybridized carbons (Fsp3) is 0.286. The summed E-state index contributed by atoms with van der Waals surface area (Å²) in [5, 5.41) is 20.1. The van der Waals surface area contributed by atoms with Crippen LogP contribution in [0.3, 0.4) is 0 Å². The molecule has 0 heterocycles. The van der Waals surface area contributed by atoms with Crippen LogP contribution < -0.4 is 0 Å². The van der Waals surface area contributed by atoms with Crippen molar-refractivity contribution in [3.63, 3.8) is 0 Å². The summed E-state index contributed by atoms with van der Waals surface area (Å²) in [5.41, 5.74) is -0.0773. The minimum Gasteiger partial charge on any atom is -0.459 e. The van der Waals surface area contributed by atoms with E-state index in [0.29, 0.717) is 0 Å². The number of nitrogens with zero attached hydrogens (tertiary/aromatic N) is 1. The van der Waals surface area contributed by atoms with Gasteiger partial charge < -0.3 is 14.6 Å². The number of nitro benzene ring substituents is 1. The Balaban J connectivity index is 2.48. The number of hydrogen-bond donors (Lipinski definition) is 1. The first-order valence-corrected chi connectivity index (χ1v) is 6.23. The van der Waals surface area contributed by atoms with Crippen molar-refractivity contribution in [2.24, 2.45) is 0 Å². The number of hydrogen-bond acceptors (Lipinski definition) is 7. The smallest absolute Gasteiger partial charge is 0.338 e. The van der Waals surface area contributed by atoms with Crippen molar-refractivity contribution in [3.05, 3.63) is 52.1 Å². The number of non-ortho nitro benzene ring substituents is 1. The molecule has 118 valence electrons. The van der Waals surface area contributed by atoms with Gasteiger partial charge in [-0.15, -0.1) is 0 Å². The second-order valence-electron chi connectivity index (χ2n) is 4.44. The number of nitro groups is 1. The van der Waals surface area contributed by atoms with Gasteiger partial charge in [-0.2, -0.15) is 0 Å². The van der Waals surface area contributed by atoms with E-state index >= 15 is 0 Å². The quantitative estimate of drug-likeness (QED) is 0.348. The highest BCUT2D eigenvalue weighted by atomic mass is 16.6. The number of ether oxygens (including phenoxy) is 2. The molecule has 1 aromatic rings. The fourth-order valence-electron chi connectivity index (χ4n) is 1.34. The zero-order valence-electron chi connectivity index (χ0n) is 11.9. The molecule has 8 nitrogen and oxygen atoms in total. The molecule has 0 aliphatic heterocycles. The Bertz CT molecular complexity index is 597. The van der Waals surface area contributed by atoms with E-state index in [9.17, 15) is 24.8 Å². The molecule has 1 rings (SSSR count). The third kappa shape index (κ3) is 5.33. The standard InChI is InChI=1S/C14H15NO7/c1-9(2)13(17)21-7-12(16)8-22-14(18)10-4-3-5-11(6-10)15(19)20/h3-6,12,16H,1,7-8H2,2H3. The summed E-state index contributed by atoms with van der Waals surface area (Å²) in [6.45, 7) is 4.06. The minimum absolute atomic E-state index is 0.0136. The summed E-state index contributed by atoms with van der Waals surface area (Å²) in [6, 6.07) is 5.00. The van der Waals surface area contributed by atoms with Crippen molar-refractivity contribution in [1.29, 1.82) is 0 Å². The average Bonchev–Trinajstić information content (AvgIpc) is 2.50. The number of aliphatic hydroxyl groups excluding tert-OH is 1. The molecule has 0 aliphatic carbocycles. The van der Waals surface area contributed by atoms with Crippen LogP contribution in [0, 0.1) is 10.1 Å². The van der Waals surface area contributed by atoms with E-state index in [1.807, 2.05) is 0 Å². The van der Waals surface area contributed by atoms with Crippen LogP contribution in [0.15, 0.2) is 36.4 Å². The third-order valence-corrected chi connectivity index (χ3v) is 2.45. The van der Waals surface area contributed by atoms with E-state index in [0.717, 1.165) is 6.07 Å². The predicted molar refractivity (Wildman–Crippen MR) is 75.2 cm³/mol. The van der Waals surface area contributed by atoms with Gasteiger partial charge in [0.1, 0.15) is 19.3 Å². The van der Waals surface area contributed by atoms with Crippen molar-refractivity contribution in [1.82, 2.24) is 0 Å².